The number of anilines is 2. The summed E-state index contributed by atoms with van der Waals surface area (Å²) in [5.74, 6) is 1.05. The van der Waals surface area contributed by atoms with Crippen molar-refractivity contribution < 1.29 is 19.1 Å². The Kier molecular flexibility index (Phi) is 5.03. The molecule has 7 heteroatoms. The second-order valence-corrected chi connectivity index (χ2v) is 7.18. The molecule has 2 heterocycles. The fourth-order valence-corrected chi connectivity index (χ4v) is 4.02. The van der Waals surface area contributed by atoms with Gasteiger partial charge in [0.1, 0.15) is 17.3 Å². The van der Waals surface area contributed by atoms with Crippen molar-refractivity contribution in [2.24, 2.45) is 4.99 Å². The zero-order valence-corrected chi connectivity index (χ0v) is 17.4. The maximum absolute atomic E-state index is 13.4. The van der Waals surface area contributed by atoms with Gasteiger partial charge in [-0.1, -0.05) is 18.2 Å². The van der Waals surface area contributed by atoms with Crippen molar-refractivity contribution in [3.8, 4) is 11.5 Å². The number of rotatable bonds is 4. The van der Waals surface area contributed by atoms with Crippen molar-refractivity contribution in [1.82, 2.24) is 0 Å². The van der Waals surface area contributed by atoms with Crippen molar-refractivity contribution in [1.29, 1.82) is 0 Å². The number of amidine groups is 1. The third-order valence-electron chi connectivity index (χ3n) is 5.39. The minimum absolute atomic E-state index is 0.256. The predicted molar refractivity (Wildman–Crippen MR) is 116 cm³/mol. The van der Waals surface area contributed by atoms with Crippen molar-refractivity contribution in [3.63, 3.8) is 0 Å². The molecule has 0 bridgehead atoms. The molecule has 2 aliphatic rings. The molecule has 2 aromatic carbocycles. The van der Waals surface area contributed by atoms with E-state index in [1.165, 1.54) is 6.92 Å². The van der Waals surface area contributed by atoms with Crippen LogP contribution in [0, 0.1) is 0 Å². The summed E-state index contributed by atoms with van der Waals surface area (Å²) in [6, 6.07) is 12.2. The Morgan fingerprint density at radius 1 is 1.13 bits per heavy atom. The first-order chi connectivity index (χ1) is 14.5. The number of benzene rings is 2. The van der Waals surface area contributed by atoms with Crippen molar-refractivity contribution >= 4 is 28.8 Å². The number of carbonyl (C=O) groups is 2. The minimum atomic E-state index is -0.992. The lowest BCUT2D eigenvalue weighted by Crippen LogP contribution is -2.40. The number of ether oxygens (including phenoxy) is 2. The Balaban J connectivity index is 1.87. The van der Waals surface area contributed by atoms with E-state index in [0.29, 0.717) is 35.0 Å². The van der Waals surface area contributed by atoms with Gasteiger partial charge in [0.2, 0.25) is 0 Å². The number of nitrogens with one attached hydrogen (secondary N) is 1. The van der Waals surface area contributed by atoms with Crippen molar-refractivity contribution in [2.75, 3.05) is 31.5 Å². The van der Waals surface area contributed by atoms with Crippen molar-refractivity contribution in [3.05, 3.63) is 59.3 Å². The summed E-state index contributed by atoms with van der Waals surface area (Å²) in [7, 11) is 4.73. The Bertz CT molecular complexity index is 1050. The summed E-state index contributed by atoms with van der Waals surface area (Å²) in [4.78, 5) is 32.1. The van der Waals surface area contributed by atoms with Gasteiger partial charge < -0.3 is 19.7 Å². The van der Waals surface area contributed by atoms with E-state index in [9.17, 15) is 9.59 Å². The average molecular weight is 405 g/mol. The molecule has 0 spiro atoms. The van der Waals surface area contributed by atoms with E-state index < -0.39 is 6.04 Å². The molecular formula is C23H23N3O4. The number of ketones is 2. The lowest BCUT2D eigenvalue weighted by molar-refractivity contribution is -0.124. The molecule has 0 saturated carbocycles. The van der Waals surface area contributed by atoms with Gasteiger partial charge in [-0.05, 0) is 18.6 Å². The van der Waals surface area contributed by atoms with Gasteiger partial charge in [0.25, 0.3) is 0 Å². The van der Waals surface area contributed by atoms with E-state index in [0.717, 1.165) is 16.9 Å². The molecule has 0 aromatic heterocycles. The minimum Gasteiger partial charge on any atom is -0.497 e. The molecule has 1 N–H and O–H groups in total. The topological polar surface area (TPSA) is 80.2 Å². The summed E-state index contributed by atoms with van der Waals surface area (Å²) < 4.78 is 10.8. The summed E-state index contributed by atoms with van der Waals surface area (Å²) in [6.07, 6.45) is 0.580. The molecule has 1 saturated heterocycles. The Labute approximate surface area is 175 Å². The number of carbonyl (C=O) groups excluding carboxylic acids is 2. The van der Waals surface area contributed by atoms with E-state index in [-0.39, 0.29) is 11.6 Å². The van der Waals surface area contributed by atoms with Crippen LogP contribution in [0.3, 0.4) is 0 Å². The van der Waals surface area contributed by atoms with Crippen LogP contribution in [-0.4, -0.2) is 44.7 Å². The van der Waals surface area contributed by atoms with Gasteiger partial charge in [-0.2, -0.15) is 0 Å². The average Bonchev–Trinajstić information content (AvgIpc) is 3.30. The summed E-state index contributed by atoms with van der Waals surface area (Å²) in [5.41, 5.74) is 3.86. The number of allylic oxidation sites excluding steroid dienone is 1. The zero-order chi connectivity index (χ0) is 21.4. The maximum Gasteiger partial charge on any atom is 0.198 e. The number of methoxy groups -OCH3 is 2. The van der Waals surface area contributed by atoms with Gasteiger partial charge in [0, 0.05) is 43.1 Å². The fraction of sp³-hybridized carbons (Fsp3) is 0.261. The molecule has 2 aliphatic heterocycles. The molecule has 30 heavy (non-hydrogen) atoms. The number of hydrogen-bond acceptors (Lipinski definition) is 6. The largest absolute Gasteiger partial charge is 0.497 e. The fourth-order valence-electron chi connectivity index (χ4n) is 4.02. The third kappa shape index (κ3) is 3.12. The smallest absolute Gasteiger partial charge is 0.198 e. The lowest BCUT2D eigenvalue weighted by atomic mass is 10.0. The predicted octanol–water partition coefficient (Wildman–Crippen LogP) is 3.00. The van der Waals surface area contributed by atoms with Crippen LogP contribution in [0.15, 0.2) is 58.7 Å². The molecule has 0 aliphatic carbocycles. The number of nitrogens with zero attached hydrogens (tertiary/aromatic N) is 2. The standard InChI is InChI=1S/C23H23N3O4/c1-13(27)21-22(28)20(19-9-14-7-5-6-8-18(14)25-19)23(24-2)26(21)15-10-16(29-3)12-17(11-15)30-4/h5-8,10-12,21,25H,9H2,1-4H3. The van der Waals surface area contributed by atoms with Crippen LogP contribution in [0.25, 0.3) is 0 Å². The van der Waals surface area contributed by atoms with E-state index in [4.69, 9.17) is 9.47 Å². The molecule has 7 nitrogen and oxygen atoms in total. The van der Waals surface area contributed by atoms with Crippen LogP contribution >= 0.6 is 0 Å². The monoisotopic (exact) mass is 405 g/mol. The molecule has 1 fully saturated rings. The molecular weight excluding hydrogens is 382 g/mol. The second kappa shape index (κ2) is 7.67. The molecule has 1 unspecified atom stereocenters. The van der Waals surface area contributed by atoms with Gasteiger partial charge >= 0.3 is 0 Å². The second-order valence-electron chi connectivity index (χ2n) is 7.18. The Morgan fingerprint density at radius 2 is 1.80 bits per heavy atom. The van der Waals surface area contributed by atoms with E-state index in [2.05, 4.69) is 10.3 Å². The molecule has 2 aromatic rings. The van der Waals surface area contributed by atoms with E-state index in [1.807, 2.05) is 24.3 Å². The Morgan fingerprint density at radius 3 is 2.37 bits per heavy atom. The van der Waals surface area contributed by atoms with Crippen LogP contribution in [0.4, 0.5) is 11.4 Å². The van der Waals surface area contributed by atoms with Gasteiger partial charge in [-0.25, -0.2) is 0 Å². The number of para-hydroxylation sites is 1. The SMILES string of the molecule is CN=C1C(=C2Cc3ccccc3N2)C(=O)C(C(C)=O)N1c1cc(OC)cc(OC)c1. The van der Waals surface area contributed by atoms with Crippen LogP contribution in [0.5, 0.6) is 11.5 Å². The van der Waals surface area contributed by atoms with E-state index >= 15 is 0 Å². The van der Waals surface area contributed by atoms with Gasteiger partial charge in [0.05, 0.1) is 25.5 Å². The van der Waals surface area contributed by atoms with Gasteiger partial charge in [-0.3, -0.25) is 14.6 Å². The molecule has 4 rings (SSSR count). The highest BCUT2D eigenvalue weighted by atomic mass is 16.5. The zero-order valence-electron chi connectivity index (χ0n) is 17.4. The van der Waals surface area contributed by atoms with Crippen LogP contribution in [0.2, 0.25) is 0 Å². The quantitative estimate of drug-likeness (QED) is 0.622. The van der Waals surface area contributed by atoms with Crippen molar-refractivity contribution in [2.45, 2.75) is 19.4 Å². The first-order valence-electron chi connectivity index (χ1n) is 9.60. The number of aliphatic imine (C=N–C) groups is 1. The number of Topliss-reactive ketones (excluding diaryl/α,β-unsaturated/α-hetero) is 2. The molecule has 154 valence electrons. The summed E-state index contributed by atoms with van der Waals surface area (Å²) in [5, 5.41) is 3.34. The van der Waals surface area contributed by atoms with E-state index in [1.54, 1.807) is 44.4 Å². The molecule has 0 radical (unpaired) electrons. The number of fused-ring (bicyclic) bond motifs is 1. The first kappa shape index (κ1) is 19.7. The first-order valence-corrected chi connectivity index (χ1v) is 9.60. The third-order valence-corrected chi connectivity index (χ3v) is 5.39. The summed E-state index contributed by atoms with van der Waals surface area (Å²) >= 11 is 0. The normalized spacial score (nSPS) is 21.6. The highest BCUT2D eigenvalue weighted by molar-refractivity contribution is 6.41. The van der Waals surface area contributed by atoms with Crippen LogP contribution in [-0.2, 0) is 16.0 Å². The summed E-state index contributed by atoms with van der Waals surface area (Å²) in [6.45, 7) is 1.42. The van der Waals surface area contributed by atoms with Crippen LogP contribution in [0.1, 0.15) is 12.5 Å². The highest BCUT2D eigenvalue weighted by Crippen LogP contribution is 2.38. The van der Waals surface area contributed by atoms with Crippen LogP contribution < -0.4 is 19.7 Å². The maximum atomic E-state index is 13.4. The highest BCUT2D eigenvalue weighted by Gasteiger charge is 2.47. The molecule has 0 amide bonds. The van der Waals surface area contributed by atoms with Gasteiger partial charge in [0.15, 0.2) is 17.6 Å². The van der Waals surface area contributed by atoms with Gasteiger partial charge in [-0.15, -0.1) is 0 Å². The Hall–Kier alpha value is -3.61. The molecule has 1 atom stereocenters. The number of hydrogen-bond donors (Lipinski definition) is 1. The lowest BCUT2D eigenvalue weighted by Gasteiger charge is -2.24.